The molecule has 0 radical (unpaired) electrons. The van der Waals surface area contributed by atoms with E-state index in [9.17, 15) is 4.79 Å². The van der Waals surface area contributed by atoms with E-state index in [1.165, 1.54) is 11.3 Å². The Balaban J connectivity index is 1.42. The number of carbonyl (C=O) groups is 1. The largest absolute Gasteiger partial charge is 0.325 e. The number of amides is 1. The molecule has 0 aliphatic heterocycles. The molecular formula is C17H18ClN5OS. The van der Waals surface area contributed by atoms with Crippen LogP contribution in [0.2, 0.25) is 5.02 Å². The van der Waals surface area contributed by atoms with E-state index in [4.69, 9.17) is 11.6 Å². The van der Waals surface area contributed by atoms with Crippen LogP contribution in [0.3, 0.4) is 0 Å². The summed E-state index contributed by atoms with van der Waals surface area (Å²) in [6.45, 7) is 3.92. The minimum Gasteiger partial charge on any atom is -0.325 e. The fraction of sp³-hybridized carbons (Fsp3) is 0.412. The van der Waals surface area contributed by atoms with E-state index in [2.05, 4.69) is 20.6 Å². The lowest BCUT2D eigenvalue weighted by molar-refractivity contribution is -0.116. The first kappa shape index (κ1) is 16.5. The van der Waals surface area contributed by atoms with Crippen molar-refractivity contribution in [3.63, 3.8) is 0 Å². The molecule has 1 N–H and O–H groups in total. The summed E-state index contributed by atoms with van der Waals surface area (Å²) < 4.78 is 1.83. The van der Waals surface area contributed by atoms with Gasteiger partial charge in [0.2, 0.25) is 10.9 Å². The molecule has 0 bridgehead atoms. The first-order valence-corrected chi connectivity index (χ1v) is 9.48. The number of aryl methyl sites for hydroxylation is 3. The van der Waals surface area contributed by atoms with Crippen LogP contribution in [0, 0.1) is 13.8 Å². The average Bonchev–Trinajstić information content (AvgIpc) is 3.18. The van der Waals surface area contributed by atoms with Crippen LogP contribution in [-0.2, 0) is 11.2 Å². The van der Waals surface area contributed by atoms with E-state index < -0.39 is 0 Å². The summed E-state index contributed by atoms with van der Waals surface area (Å²) in [5.74, 6) is 1.38. The number of benzene rings is 1. The number of halogens is 1. The third-order valence-electron chi connectivity index (χ3n) is 4.26. The van der Waals surface area contributed by atoms with Gasteiger partial charge in [0, 0.05) is 18.8 Å². The lowest BCUT2D eigenvalue weighted by Gasteiger charge is -2.11. The van der Waals surface area contributed by atoms with Crippen molar-refractivity contribution in [3.05, 3.63) is 39.1 Å². The molecule has 2 heterocycles. The molecule has 3 aromatic rings. The molecule has 1 amide bonds. The van der Waals surface area contributed by atoms with Crippen molar-refractivity contribution >= 4 is 39.5 Å². The SMILES string of the molecule is Cc1cc(C)c(NC(=O)CCc2nn3c(C4CC4)nnc3s2)c(Cl)c1. The van der Waals surface area contributed by atoms with E-state index in [-0.39, 0.29) is 5.91 Å². The van der Waals surface area contributed by atoms with Gasteiger partial charge in [0.25, 0.3) is 0 Å². The Labute approximate surface area is 154 Å². The summed E-state index contributed by atoms with van der Waals surface area (Å²) in [4.78, 5) is 13.1. The maximum Gasteiger partial charge on any atom is 0.234 e. The summed E-state index contributed by atoms with van der Waals surface area (Å²) in [6, 6.07) is 3.86. The van der Waals surface area contributed by atoms with Gasteiger partial charge in [0.05, 0.1) is 10.7 Å². The van der Waals surface area contributed by atoms with Crippen molar-refractivity contribution in [3.8, 4) is 0 Å². The Hall–Kier alpha value is -1.99. The zero-order chi connectivity index (χ0) is 17.6. The zero-order valence-corrected chi connectivity index (χ0v) is 15.6. The van der Waals surface area contributed by atoms with Gasteiger partial charge in [-0.3, -0.25) is 4.79 Å². The Kier molecular flexibility index (Phi) is 4.21. The highest BCUT2D eigenvalue weighted by Gasteiger charge is 2.30. The molecular weight excluding hydrogens is 358 g/mol. The number of nitrogens with one attached hydrogen (secondary N) is 1. The van der Waals surface area contributed by atoms with Gasteiger partial charge in [0.1, 0.15) is 5.01 Å². The van der Waals surface area contributed by atoms with Crippen LogP contribution in [0.4, 0.5) is 5.69 Å². The highest BCUT2D eigenvalue weighted by Crippen LogP contribution is 2.39. The normalized spacial score (nSPS) is 14.2. The number of aromatic nitrogens is 4. The van der Waals surface area contributed by atoms with Crippen molar-refractivity contribution in [1.29, 1.82) is 0 Å². The number of carbonyl (C=O) groups excluding carboxylic acids is 1. The van der Waals surface area contributed by atoms with Crippen molar-refractivity contribution in [2.75, 3.05) is 5.32 Å². The maximum absolute atomic E-state index is 12.3. The molecule has 0 unspecified atom stereocenters. The van der Waals surface area contributed by atoms with Crippen LogP contribution in [0.5, 0.6) is 0 Å². The number of fused-ring (bicyclic) bond motifs is 1. The van der Waals surface area contributed by atoms with Crippen LogP contribution in [0.25, 0.3) is 4.96 Å². The molecule has 1 aromatic carbocycles. The topological polar surface area (TPSA) is 72.2 Å². The lowest BCUT2D eigenvalue weighted by atomic mass is 10.1. The van der Waals surface area contributed by atoms with Crippen LogP contribution in [0.15, 0.2) is 12.1 Å². The van der Waals surface area contributed by atoms with Gasteiger partial charge in [0.15, 0.2) is 5.82 Å². The van der Waals surface area contributed by atoms with Crippen molar-refractivity contribution in [2.45, 2.75) is 45.4 Å². The van der Waals surface area contributed by atoms with E-state index in [1.807, 2.05) is 30.5 Å². The number of nitrogens with zero attached hydrogens (tertiary/aromatic N) is 4. The molecule has 0 atom stereocenters. The fourth-order valence-corrected chi connectivity index (χ4v) is 4.07. The quantitative estimate of drug-likeness (QED) is 0.733. The molecule has 1 saturated carbocycles. The fourth-order valence-electron chi connectivity index (χ4n) is 2.87. The minimum absolute atomic E-state index is 0.0674. The predicted molar refractivity (Wildman–Crippen MR) is 98.5 cm³/mol. The second-order valence-electron chi connectivity index (χ2n) is 6.51. The molecule has 25 heavy (non-hydrogen) atoms. The van der Waals surface area contributed by atoms with E-state index in [0.29, 0.717) is 29.5 Å². The molecule has 6 nitrogen and oxygen atoms in total. The van der Waals surface area contributed by atoms with Crippen LogP contribution in [-0.4, -0.2) is 25.7 Å². The molecule has 8 heteroatoms. The minimum atomic E-state index is -0.0674. The van der Waals surface area contributed by atoms with Gasteiger partial charge in [-0.05, 0) is 43.9 Å². The second-order valence-corrected chi connectivity index (χ2v) is 7.96. The third kappa shape index (κ3) is 3.39. The van der Waals surface area contributed by atoms with E-state index in [1.54, 1.807) is 0 Å². The van der Waals surface area contributed by atoms with Crippen molar-refractivity contribution < 1.29 is 4.79 Å². The monoisotopic (exact) mass is 375 g/mol. The van der Waals surface area contributed by atoms with Crippen molar-refractivity contribution in [1.82, 2.24) is 19.8 Å². The summed E-state index contributed by atoms with van der Waals surface area (Å²) >= 11 is 7.74. The van der Waals surface area contributed by atoms with Gasteiger partial charge in [-0.2, -0.15) is 9.61 Å². The Morgan fingerprint density at radius 1 is 1.36 bits per heavy atom. The van der Waals surface area contributed by atoms with Gasteiger partial charge in [-0.25, -0.2) is 0 Å². The van der Waals surface area contributed by atoms with E-state index in [0.717, 1.165) is 39.8 Å². The molecule has 130 valence electrons. The summed E-state index contributed by atoms with van der Waals surface area (Å²) in [6.07, 6.45) is 3.25. The molecule has 0 spiro atoms. The van der Waals surface area contributed by atoms with Gasteiger partial charge in [-0.15, -0.1) is 10.2 Å². The summed E-state index contributed by atoms with van der Waals surface area (Å²) in [5.41, 5.74) is 2.73. The summed E-state index contributed by atoms with van der Waals surface area (Å²) in [7, 11) is 0. The van der Waals surface area contributed by atoms with Crippen LogP contribution >= 0.6 is 22.9 Å². The Bertz CT molecular complexity index is 936. The number of hydrogen-bond donors (Lipinski definition) is 1. The molecule has 1 fully saturated rings. The highest BCUT2D eigenvalue weighted by atomic mass is 35.5. The average molecular weight is 376 g/mol. The van der Waals surface area contributed by atoms with E-state index >= 15 is 0 Å². The van der Waals surface area contributed by atoms with Crippen LogP contribution < -0.4 is 5.32 Å². The lowest BCUT2D eigenvalue weighted by Crippen LogP contribution is -2.13. The van der Waals surface area contributed by atoms with Crippen LogP contribution in [0.1, 0.15) is 47.1 Å². The van der Waals surface area contributed by atoms with Gasteiger partial charge >= 0.3 is 0 Å². The Morgan fingerprint density at radius 2 is 2.16 bits per heavy atom. The van der Waals surface area contributed by atoms with Gasteiger partial charge in [-0.1, -0.05) is 29.0 Å². The first-order chi connectivity index (χ1) is 12.0. The summed E-state index contributed by atoms with van der Waals surface area (Å²) in [5, 5.41) is 17.3. The Morgan fingerprint density at radius 3 is 2.88 bits per heavy atom. The van der Waals surface area contributed by atoms with Gasteiger partial charge < -0.3 is 5.32 Å². The molecule has 1 aliphatic carbocycles. The van der Waals surface area contributed by atoms with Crippen molar-refractivity contribution in [2.24, 2.45) is 0 Å². The molecule has 2 aromatic heterocycles. The number of hydrogen-bond acceptors (Lipinski definition) is 5. The zero-order valence-electron chi connectivity index (χ0n) is 14.0. The predicted octanol–water partition coefficient (Wildman–Crippen LogP) is 3.90. The highest BCUT2D eigenvalue weighted by molar-refractivity contribution is 7.16. The second kappa shape index (κ2) is 6.38. The standard InChI is InChI=1S/C17H18ClN5OS/c1-9-7-10(2)15(12(18)8-9)19-13(24)5-6-14-22-23-16(11-3-4-11)20-21-17(23)25-14/h7-8,11H,3-6H2,1-2H3,(H,19,24). The molecule has 4 rings (SSSR count). The first-order valence-electron chi connectivity index (χ1n) is 8.29. The maximum atomic E-state index is 12.3. The number of anilines is 1. The smallest absolute Gasteiger partial charge is 0.234 e. The number of rotatable bonds is 5. The molecule has 0 saturated heterocycles. The molecule has 1 aliphatic rings. The third-order valence-corrected chi connectivity index (χ3v) is 5.52.